The summed E-state index contributed by atoms with van der Waals surface area (Å²) in [4.78, 5) is 17.5. The third-order valence-corrected chi connectivity index (χ3v) is 7.26. The summed E-state index contributed by atoms with van der Waals surface area (Å²) in [5.74, 6) is -0.229. The van der Waals surface area contributed by atoms with E-state index >= 15 is 0 Å². The van der Waals surface area contributed by atoms with Crippen molar-refractivity contribution in [3.63, 3.8) is 0 Å². The first kappa shape index (κ1) is 25.8. The minimum atomic E-state index is -0.229. The van der Waals surface area contributed by atoms with E-state index in [2.05, 4.69) is 55.2 Å². The van der Waals surface area contributed by atoms with Crippen molar-refractivity contribution in [1.82, 2.24) is 14.9 Å². The van der Waals surface area contributed by atoms with Crippen LogP contribution < -0.4 is 10.3 Å². The summed E-state index contributed by atoms with van der Waals surface area (Å²) in [7, 11) is 0. The minimum Gasteiger partial charge on any atom is -0.369 e. The Labute approximate surface area is 229 Å². The summed E-state index contributed by atoms with van der Waals surface area (Å²) < 4.78 is 2.12. The van der Waals surface area contributed by atoms with Gasteiger partial charge < -0.3 is 9.47 Å². The number of nitrogens with one attached hydrogen (secondary N) is 1. The molecule has 4 aromatic rings. The number of benzene rings is 3. The lowest BCUT2D eigenvalue weighted by Crippen LogP contribution is -2.45. The van der Waals surface area contributed by atoms with E-state index < -0.39 is 0 Å². The van der Waals surface area contributed by atoms with E-state index in [1.807, 2.05) is 68.4 Å². The van der Waals surface area contributed by atoms with Gasteiger partial charge in [0.2, 0.25) is 0 Å². The van der Waals surface area contributed by atoms with Crippen molar-refractivity contribution < 1.29 is 4.79 Å². The van der Waals surface area contributed by atoms with E-state index in [1.54, 1.807) is 6.21 Å². The zero-order valence-corrected chi connectivity index (χ0v) is 22.5. The smallest absolute Gasteiger partial charge is 0.271 e. The van der Waals surface area contributed by atoms with Crippen LogP contribution in [0.15, 0.2) is 90.0 Å². The predicted molar refractivity (Wildman–Crippen MR) is 156 cm³/mol. The van der Waals surface area contributed by atoms with Gasteiger partial charge in [0.15, 0.2) is 0 Å². The highest BCUT2D eigenvalue weighted by Gasteiger charge is 2.17. The maximum absolute atomic E-state index is 12.7. The van der Waals surface area contributed by atoms with Crippen molar-refractivity contribution in [3.8, 4) is 5.69 Å². The molecule has 6 nitrogen and oxygen atoms in total. The first-order valence-corrected chi connectivity index (χ1v) is 13.3. The third-order valence-electron chi connectivity index (χ3n) is 7.02. The van der Waals surface area contributed by atoms with Crippen LogP contribution in [0.2, 0.25) is 5.02 Å². The van der Waals surface area contributed by atoms with Crippen LogP contribution in [-0.4, -0.2) is 47.8 Å². The average molecular weight is 526 g/mol. The molecule has 1 aromatic heterocycles. The molecule has 0 aliphatic carbocycles. The monoisotopic (exact) mass is 525 g/mol. The molecule has 0 spiro atoms. The van der Waals surface area contributed by atoms with Crippen molar-refractivity contribution in [2.45, 2.75) is 20.4 Å². The lowest BCUT2D eigenvalue weighted by Gasteiger charge is -2.36. The number of para-hydroxylation sites is 1. The molecule has 0 atom stereocenters. The second-order valence-corrected chi connectivity index (χ2v) is 10.1. The van der Waals surface area contributed by atoms with Crippen LogP contribution in [0.5, 0.6) is 0 Å². The number of anilines is 1. The number of nitrogens with zero attached hydrogens (tertiary/aromatic N) is 4. The molecule has 2 heterocycles. The Hall–Kier alpha value is -3.87. The fraction of sp³-hybridized carbons (Fsp3) is 0.226. The van der Waals surface area contributed by atoms with E-state index in [9.17, 15) is 4.79 Å². The second-order valence-electron chi connectivity index (χ2n) is 9.64. The summed E-state index contributed by atoms with van der Waals surface area (Å²) in [6, 6.07) is 28.1. The van der Waals surface area contributed by atoms with Gasteiger partial charge in [-0.25, -0.2) is 5.43 Å². The van der Waals surface area contributed by atoms with Gasteiger partial charge in [0.25, 0.3) is 5.91 Å². The molecule has 1 N–H and O–H groups in total. The van der Waals surface area contributed by atoms with Gasteiger partial charge in [0.1, 0.15) is 0 Å². The molecule has 1 fully saturated rings. The SMILES string of the molecule is Cc1cc(/C=N\NC(=O)c2ccc(CN3CCN(c4ccccc4)CC3)cc2)c(C)n1-c1cccc(Cl)c1. The van der Waals surface area contributed by atoms with Crippen LogP contribution >= 0.6 is 11.6 Å². The lowest BCUT2D eigenvalue weighted by atomic mass is 10.1. The zero-order chi connectivity index (χ0) is 26.5. The van der Waals surface area contributed by atoms with Gasteiger partial charge in [0.05, 0.1) is 6.21 Å². The quantitative estimate of drug-likeness (QED) is 0.244. The Morgan fingerprint density at radius 1 is 0.895 bits per heavy atom. The van der Waals surface area contributed by atoms with Crippen LogP contribution in [0.1, 0.15) is 32.9 Å². The number of hydrogen-bond donors (Lipinski definition) is 1. The average Bonchev–Trinajstić information content (AvgIpc) is 3.22. The predicted octanol–water partition coefficient (Wildman–Crippen LogP) is 5.83. The highest BCUT2D eigenvalue weighted by atomic mass is 35.5. The highest BCUT2D eigenvalue weighted by Crippen LogP contribution is 2.22. The molecule has 1 aliphatic heterocycles. The number of carbonyl (C=O) groups excluding carboxylic acids is 1. The first-order valence-electron chi connectivity index (χ1n) is 12.9. The summed E-state index contributed by atoms with van der Waals surface area (Å²) in [5, 5.41) is 4.90. The van der Waals surface area contributed by atoms with Gasteiger partial charge in [-0.05, 0) is 67.9 Å². The van der Waals surface area contributed by atoms with Crippen molar-refractivity contribution in [2.24, 2.45) is 5.10 Å². The lowest BCUT2D eigenvalue weighted by molar-refractivity contribution is 0.0955. The Morgan fingerprint density at radius 3 is 2.32 bits per heavy atom. The Morgan fingerprint density at radius 2 is 1.61 bits per heavy atom. The summed E-state index contributed by atoms with van der Waals surface area (Å²) in [6.45, 7) is 9.01. The molecule has 194 valence electrons. The van der Waals surface area contributed by atoms with Crippen LogP contribution in [0.25, 0.3) is 5.69 Å². The molecule has 7 heteroatoms. The van der Waals surface area contributed by atoms with Gasteiger partial charge in [-0.1, -0.05) is 48.0 Å². The van der Waals surface area contributed by atoms with E-state index in [4.69, 9.17) is 11.6 Å². The molecule has 0 bridgehead atoms. The normalized spacial score (nSPS) is 14.2. The van der Waals surface area contributed by atoms with Crippen molar-refractivity contribution in [1.29, 1.82) is 0 Å². The maximum Gasteiger partial charge on any atom is 0.271 e. The van der Waals surface area contributed by atoms with Crippen LogP contribution in [0.3, 0.4) is 0 Å². The Balaban J connectivity index is 1.14. The van der Waals surface area contributed by atoms with Crippen LogP contribution in [0.4, 0.5) is 5.69 Å². The number of rotatable bonds is 7. The largest absolute Gasteiger partial charge is 0.369 e. The molecule has 1 saturated heterocycles. The van der Waals surface area contributed by atoms with Crippen LogP contribution in [-0.2, 0) is 6.54 Å². The molecule has 0 radical (unpaired) electrons. The molecule has 38 heavy (non-hydrogen) atoms. The number of hydrogen-bond acceptors (Lipinski definition) is 4. The van der Waals surface area contributed by atoms with Crippen molar-refractivity contribution in [3.05, 3.63) is 118 Å². The topological polar surface area (TPSA) is 52.9 Å². The zero-order valence-electron chi connectivity index (χ0n) is 21.8. The fourth-order valence-corrected chi connectivity index (χ4v) is 5.16. The van der Waals surface area contributed by atoms with Crippen molar-refractivity contribution >= 4 is 29.4 Å². The minimum absolute atomic E-state index is 0.229. The van der Waals surface area contributed by atoms with E-state index in [0.717, 1.165) is 55.4 Å². The molecular formula is C31H32ClN5O. The molecule has 0 saturated carbocycles. The number of aromatic nitrogens is 1. The Kier molecular flexibility index (Phi) is 7.91. The molecule has 0 unspecified atom stereocenters. The van der Waals surface area contributed by atoms with E-state index in [1.165, 1.54) is 11.3 Å². The number of halogens is 1. The van der Waals surface area contributed by atoms with Gasteiger partial charge >= 0.3 is 0 Å². The summed E-state index contributed by atoms with van der Waals surface area (Å²) in [5.41, 5.74) is 9.75. The number of carbonyl (C=O) groups is 1. The van der Waals surface area contributed by atoms with Gasteiger partial charge in [-0.3, -0.25) is 9.69 Å². The molecular weight excluding hydrogens is 494 g/mol. The standard InChI is InChI=1S/C31H32ClN5O/c1-23-19-27(24(2)37(23)30-10-6-7-28(32)20-30)21-33-34-31(38)26-13-11-25(12-14-26)22-35-15-17-36(18-16-35)29-8-4-3-5-9-29/h3-14,19-21H,15-18,22H2,1-2H3,(H,34,38)/b33-21-. The third kappa shape index (κ3) is 5.98. The first-order chi connectivity index (χ1) is 18.5. The number of amides is 1. The molecule has 5 rings (SSSR count). The van der Waals surface area contributed by atoms with Gasteiger partial charge in [-0.2, -0.15) is 5.10 Å². The van der Waals surface area contributed by atoms with E-state index in [0.29, 0.717) is 10.6 Å². The molecule has 1 aliphatic rings. The van der Waals surface area contributed by atoms with Gasteiger partial charge in [0, 0.05) is 71.6 Å². The second kappa shape index (κ2) is 11.7. The summed E-state index contributed by atoms with van der Waals surface area (Å²) in [6.07, 6.45) is 1.69. The van der Waals surface area contributed by atoms with E-state index in [-0.39, 0.29) is 5.91 Å². The molecule has 1 amide bonds. The number of aryl methyl sites for hydroxylation is 1. The number of piperazine rings is 1. The highest BCUT2D eigenvalue weighted by molar-refractivity contribution is 6.30. The summed E-state index contributed by atoms with van der Waals surface area (Å²) >= 11 is 6.18. The molecule has 3 aromatic carbocycles. The fourth-order valence-electron chi connectivity index (χ4n) is 4.98. The van der Waals surface area contributed by atoms with Crippen molar-refractivity contribution in [2.75, 3.05) is 31.1 Å². The Bertz CT molecular complexity index is 1420. The number of hydrazone groups is 1. The van der Waals surface area contributed by atoms with Crippen LogP contribution in [0, 0.1) is 13.8 Å². The maximum atomic E-state index is 12.7. The van der Waals surface area contributed by atoms with Gasteiger partial charge in [-0.15, -0.1) is 0 Å².